The summed E-state index contributed by atoms with van der Waals surface area (Å²) < 4.78 is 10.9. The second-order valence-electron chi connectivity index (χ2n) is 6.08. The van der Waals surface area contributed by atoms with Crippen molar-refractivity contribution in [1.82, 2.24) is 0 Å². The average Bonchev–Trinajstić information content (AvgIpc) is 2.94. The monoisotopic (exact) mass is 330 g/mol. The number of ether oxygens (including phenoxy) is 2. The lowest BCUT2D eigenvalue weighted by atomic mass is 10.1. The predicted molar refractivity (Wildman–Crippen MR) is 93.1 cm³/mol. The minimum Gasteiger partial charge on any atom is -0.393 e. The summed E-state index contributed by atoms with van der Waals surface area (Å²) in [4.78, 5) is 9.62. The highest BCUT2D eigenvalue weighted by atomic mass is 16.7. The molecule has 0 aliphatic carbocycles. The largest absolute Gasteiger partial charge is 0.393 e. The Kier molecular flexibility index (Phi) is 16.7. The summed E-state index contributed by atoms with van der Waals surface area (Å²) in [6.45, 7) is 15.7. The number of carbonyl (C=O) groups is 1. The molecule has 2 N–H and O–H groups in total. The number of hydrogen-bond acceptors (Lipinski definition) is 5. The normalized spacial score (nSPS) is 20.9. The van der Waals surface area contributed by atoms with Crippen molar-refractivity contribution in [2.75, 3.05) is 13.2 Å². The third-order valence-electron chi connectivity index (χ3n) is 2.73. The second kappa shape index (κ2) is 15.9. The summed E-state index contributed by atoms with van der Waals surface area (Å²) >= 11 is 0. The molecule has 1 saturated heterocycles. The zero-order valence-electron chi connectivity index (χ0n) is 15.0. The molecule has 0 aromatic heterocycles. The van der Waals surface area contributed by atoms with Crippen molar-refractivity contribution in [1.29, 1.82) is 0 Å². The smallest absolute Gasteiger partial charge is 0.158 e. The fraction of sp³-hybridized carbons (Fsp3) is 0.722. The fourth-order valence-corrected chi connectivity index (χ4v) is 1.37. The highest BCUT2D eigenvalue weighted by molar-refractivity contribution is 5.49. The number of carbonyl (C=O) groups excluding carboxylic acids is 1. The zero-order chi connectivity index (χ0) is 18.3. The van der Waals surface area contributed by atoms with Gasteiger partial charge >= 0.3 is 0 Å². The maximum Gasteiger partial charge on any atom is 0.158 e. The van der Waals surface area contributed by atoms with Crippen molar-refractivity contribution in [3.63, 3.8) is 0 Å². The van der Waals surface area contributed by atoms with Gasteiger partial charge in [0.1, 0.15) is 12.4 Å². The molecule has 0 aromatic rings. The Balaban J connectivity index is 0. The molecule has 1 fully saturated rings. The molecule has 136 valence electrons. The molecule has 1 heterocycles. The molecule has 0 radical (unpaired) electrons. The lowest BCUT2D eigenvalue weighted by Gasteiger charge is -2.11. The maximum atomic E-state index is 9.62. The molecule has 1 rings (SSSR count). The first-order valence-corrected chi connectivity index (χ1v) is 8.05. The molecule has 0 aromatic carbocycles. The van der Waals surface area contributed by atoms with Crippen LogP contribution in [0, 0.1) is 11.8 Å². The highest BCUT2D eigenvalue weighted by Gasteiger charge is 2.23. The number of hydrogen-bond donors (Lipinski definition) is 2. The molecule has 5 heteroatoms. The van der Waals surface area contributed by atoms with Gasteiger partial charge in [-0.05, 0) is 11.8 Å². The first kappa shape index (κ1) is 24.2. The lowest BCUT2D eigenvalue weighted by molar-refractivity contribution is -0.108. The van der Waals surface area contributed by atoms with Crippen molar-refractivity contribution in [3.8, 4) is 0 Å². The number of aldehydes is 1. The van der Waals surface area contributed by atoms with Gasteiger partial charge < -0.3 is 24.5 Å². The van der Waals surface area contributed by atoms with Crippen LogP contribution in [0.5, 0.6) is 0 Å². The Morgan fingerprint density at radius 1 is 1.22 bits per heavy atom. The van der Waals surface area contributed by atoms with E-state index in [9.17, 15) is 4.79 Å². The van der Waals surface area contributed by atoms with Crippen LogP contribution in [0.3, 0.4) is 0 Å². The van der Waals surface area contributed by atoms with E-state index in [1.165, 1.54) is 6.08 Å². The summed E-state index contributed by atoms with van der Waals surface area (Å²) in [6, 6.07) is 0. The van der Waals surface area contributed by atoms with Crippen molar-refractivity contribution >= 4 is 6.29 Å². The summed E-state index contributed by atoms with van der Waals surface area (Å²) in [7, 11) is 0. The van der Waals surface area contributed by atoms with Crippen LogP contribution in [0.15, 0.2) is 25.3 Å². The molecule has 5 nitrogen and oxygen atoms in total. The Hall–Kier alpha value is -1.01. The predicted octanol–water partition coefficient (Wildman–Crippen LogP) is 2.72. The Morgan fingerprint density at radius 3 is 2.04 bits per heavy atom. The second-order valence-corrected chi connectivity index (χ2v) is 6.08. The molecular weight excluding hydrogens is 296 g/mol. The zero-order valence-corrected chi connectivity index (χ0v) is 15.0. The van der Waals surface area contributed by atoms with Crippen molar-refractivity contribution in [3.05, 3.63) is 25.3 Å². The topological polar surface area (TPSA) is 76.0 Å². The van der Waals surface area contributed by atoms with Crippen molar-refractivity contribution in [2.24, 2.45) is 11.8 Å². The van der Waals surface area contributed by atoms with Crippen LogP contribution in [0.2, 0.25) is 0 Å². The quantitative estimate of drug-likeness (QED) is 0.554. The van der Waals surface area contributed by atoms with Gasteiger partial charge in [-0.1, -0.05) is 39.8 Å². The molecule has 0 spiro atoms. The van der Waals surface area contributed by atoms with Crippen LogP contribution in [-0.2, 0) is 14.3 Å². The van der Waals surface area contributed by atoms with Crippen LogP contribution in [0.25, 0.3) is 0 Å². The van der Waals surface area contributed by atoms with Gasteiger partial charge in [0.25, 0.3) is 0 Å². The van der Waals surface area contributed by atoms with Gasteiger partial charge in [-0.15, -0.1) is 13.2 Å². The van der Waals surface area contributed by atoms with E-state index in [4.69, 9.17) is 19.7 Å². The van der Waals surface area contributed by atoms with Gasteiger partial charge in [0, 0.05) is 12.8 Å². The van der Waals surface area contributed by atoms with E-state index in [2.05, 4.69) is 27.0 Å². The Morgan fingerprint density at radius 2 is 1.83 bits per heavy atom. The molecule has 0 saturated carbocycles. The van der Waals surface area contributed by atoms with Gasteiger partial charge in [-0.2, -0.15) is 0 Å². The number of aliphatic hydroxyl groups is 2. The number of aliphatic hydroxyl groups excluding tert-OH is 2. The van der Waals surface area contributed by atoms with Gasteiger partial charge in [0.15, 0.2) is 6.29 Å². The van der Waals surface area contributed by atoms with E-state index in [1.807, 2.05) is 13.8 Å². The minimum absolute atomic E-state index is 0.00185. The van der Waals surface area contributed by atoms with E-state index in [0.29, 0.717) is 24.9 Å². The highest BCUT2D eigenvalue weighted by Crippen LogP contribution is 2.18. The summed E-state index contributed by atoms with van der Waals surface area (Å²) in [5.41, 5.74) is 0. The van der Waals surface area contributed by atoms with E-state index in [1.54, 1.807) is 6.08 Å². The van der Waals surface area contributed by atoms with E-state index >= 15 is 0 Å². The van der Waals surface area contributed by atoms with Gasteiger partial charge in [0.2, 0.25) is 0 Å². The molecule has 1 aliphatic heterocycles. The fourth-order valence-electron chi connectivity index (χ4n) is 1.37. The summed E-state index contributed by atoms with van der Waals surface area (Å²) in [5, 5.41) is 16.3. The SMILES string of the molecule is C=CC(O)CO.C=CC1COC(CC(C)C)O1.CC(C)CC=O. The first-order valence-electron chi connectivity index (χ1n) is 8.05. The van der Waals surface area contributed by atoms with E-state index in [0.717, 1.165) is 12.7 Å². The lowest BCUT2D eigenvalue weighted by Crippen LogP contribution is -2.12. The maximum absolute atomic E-state index is 9.62. The van der Waals surface area contributed by atoms with E-state index in [-0.39, 0.29) is 19.0 Å². The molecule has 0 amide bonds. The Bertz CT molecular complexity index is 302. The first-order chi connectivity index (χ1) is 10.8. The molecule has 23 heavy (non-hydrogen) atoms. The van der Waals surface area contributed by atoms with Gasteiger partial charge in [0.05, 0.1) is 19.3 Å². The summed E-state index contributed by atoms with van der Waals surface area (Å²) in [6.07, 6.45) is 5.05. The van der Waals surface area contributed by atoms with Gasteiger partial charge in [-0.25, -0.2) is 0 Å². The van der Waals surface area contributed by atoms with Crippen LogP contribution < -0.4 is 0 Å². The van der Waals surface area contributed by atoms with Crippen LogP contribution >= 0.6 is 0 Å². The standard InChI is InChI=1S/C9H16O2.C5H10O.C4H8O2/c1-4-8-6-10-9(11-8)5-7(2)3;1-5(2)3-4-6;1-2-4(6)3-5/h4,7-9H,1,5-6H2,2-3H3;4-5H,3H2,1-2H3;2,4-6H,1,3H2. The third kappa shape index (κ3) is 17.2. The molecular formula is C18H34O5. The molecule has 0 bridgehead atoms. The molecule has 1 aliphatic rings. The van der Waals surface area contributed by atoms with Gasteiger partial charge in [-0.3, -0.25) is 0 Å². The average molecular weight is 330 g/mol. The Labute approximate surface area is 141 Å². The van der Waals surface area contributed by atoms with Crippen molar-refractivity contribution in [2.45, 2.75) is 59.0 Å². The van der Waals surface area contributed by atoms with Crippen molar-refractivity contribution < 1.29 is 24.5 Å². The van der Waals surface area contributed by atoms with Crippen LogP contribution in [0.1, 0.15) is 40.5 Å². The third-order valence-corrected chi connectivity index (χ3v) is 2.73. The molecule has 3 unspecified atom stereocenters. The minimum atomic E-state index is -0.745. The van der Waals surface area contributed by atoms with E-state index < -0.39 is 6.10 Å². The summed E-state index contributed by atoms with van der Waals surface area (Å²) in [5.74, 6) is 1.16. The van der Waals surface area contributed by atoms with Crippen LogP contribution in [0.4, 0.5) is 0 Å². The molecule has 3 atom stereocenters. The number of rotatable bonds is 7. The van der Waals surface area contributed by atoms with Crippen LogP contribution in [-0.4, -0.2) is 48.2 Å².